The lowest BCUT2D eigenvalue weighted by atomic mass is 9.82. The fourth-order valence-corrected chi connectivity index (χ4v) is 3.63. The number of fused-ring (bicyclic) bond motifs is 1. The number of carbonyl (C=O) groups excluding carboxylic acids is 1. The number of nitrogens with zero attached hydrogens (tertiary/aromatic N) is 1. The van der Waals surface area contributed by atoms with Gasteiger partial charge in [0.15, 0.2) is 11.6 Å². The predicted molar refractivity (Wildman–Crippen MR) is 105 cm³/mol. The van der Waals surface area contributed by atoms with Gasteiger partial charge >= 0.3 is 0 Å². The van der Waals surface area contributed by atoms with Gasteiger partial charge in [-0.1, -0.05) is 18.2 Å². The van der Waals surface area contributed by atoms with Crippen LogP contribution in [-0.2, 0) is 0 Å². The second-order valence-corrected chi connectivity index (χ2v) is 7.17. The van der Waals surface area contributed by atoms with Crippen LogP contribution in [-0.4, -0.2) is 42.5 Å². The third-order valence-electron chi connectivity index (χ3n) is 5.30. The van der Waals surface area contributed by atoms with Crippen LogP contribution in [0.2, 0.25) is 0 Å². The number of Topliss-reactive ketones (excluding diaryl/α,β-unsaturated/α-hetero) is 1. The van der Waals surface area contributed by atoms with Gasteiger partial charge in [0.25, 0.3) is 5.92 Å². The Balaban J connectivity index is 1.85. The molecule has 0 bridgehead atoms. The van der Waals surface area contributed by atoms with Crippen molar-refractivity contribution in [2.45, 2.75) is 17.9 Å². The summed E-state index contributed by atoms with van der Waals surface area (Å²) in [5.74, 6) is -8.64. The molecular weight excluding hydrogens is 416 g/mol. The average molecular weight is 434 g/mol. The zero-order chi connectivity index (χ0) is 22.2. The number of ketones is 1. The van der Waals surface area contributed by atoms with Crippen molar-refractivity contribution < 1.29 is 31.8 Å². The van der Waals surface area contributed by atoms with Gasteiger partial charge in [0.05, 0.1) is 18.2 Å². The third-order valence-corrected chi connectivity index (χ3v) is 5.30. The zero-order valence-corrected chi connectivity index (χ0v) is 16.4. The molecule has 1 aliphatic rings. The quantitative estimate of drug-likeness (QED) is 0.483. The van der Waals surface area contributed by atoms with Crippen molar-refractivity contribution in [2.75, 3.05) is 20.2 Å². The van der Waals surface area contributed by atoms with Gasteiger partial charge in [0.2, 0.25) is 17.3 Å². The summed E-state index contributed by atoms with van der Waals surface area (Å²) in [6.07, 6.45) is -0.764. The summed E-state index contributed by atoms with van der Waals surface area (Å²) < 4.78 is 70.0. The van der Waals surface area contributed by atoms with E-state index < -0.39 is 53.2 Å². The maximum atomic E-state index is 15.2. The van der Waals surface area contributed by atoms with Crippen LogP contribution in [0.4, 0.5) is 17.6 Å². The van der Waals surface area contributed by atoms with E-state index in [1.807, 2.05) is 0 Å². The highest BCUT2D eigenvalue weighted by Crippen LogP contribution is 2.41. The van der Waals surface area contributed by atoms with Crippen molar-refractivity contribution >= 4 is 16.7 Å². The molecule has 1 fully saturated rings. The third kappa shape index (κ3) is 3.48. The normalized spacial score (nSPS) is 20.4. The second-order valence-electron chi connectivity index (χ2n) is 7.17. The Morgan fingerprint density at radius 1 is 1.10 bits per heavy atom. The number of carbonyl (C=O) groups is 1. The molecule has 1 atom stereocenters. The van der Waals surface area contributed by atoms with Gasteiger partial charge in [-0.25, -0.2) is 22.5 Å². The lowest BCUT2D eigenvalue weighted by molar-refractivity contribution is -0.155. The van der Waals surface area contributed by atoms with Crippen LogP contribution >= 0.6 is 0 Å². The predicted octanol–water partition coefficient (Wildman–Crippen LogP) is 4.15. The summed E-state index contributed by atoms with van der Waals surface area (Å²) in [5.41, 5.74) is -3.61. The van der Waals surface area contributed by atoms with E-state index in [9.17, 15) is 13.6 Å². The van der Waals surface area contributed by atoms with Crippen molar-refractivity contribution in [3.63, 3.8) is 0 Å². The van der Waals surface area contributed by atoms with Crippen LogP contribution in [0, 0.1) is 11.6 Å². The van der Waals surface area contributed by atoms with Crippen LogP contribution in [0.15, 0.2) is 48.5 Å². The number of methoxy groups -OCH3 is 1. The van der Waals surface area contributed by atoms with E-state index in [-0.39, 0.29) is 12.4 Å². The summed E-state index contributed by atoms with van der Waals surface area (Å²) in [5, 5.41) is 3.41. The summed E-state index contributed by atoms with van der Waals surface area (Å²) in [4.78, 5) is 17.5. The molecule has 162 valence electrons. The monoisotopic (exact) mass is 434 g/mol. The highest BCUT2D eigenvalue weighted by molar-refractivity contribution is 6.04. The molecule has 1 saturated heterocycles. The number of alkyl halides is 2. The molecule has 0 spiro atoms. The van der Waals surface area contributed by atoms with E-state index in [4.69, 9.17) is 9.47 Å². The van der Waals surface area contributed by atoms with E-state index >= 15 is 8.78 Å². The van der Waals surface area contributed by atoms with Crippen molar-refractivity contribution in [3.05, 3.63) is 65.7 Å². The molecule has 0 aliphatic carbocycles. The number of benzene rings is 2. The van der Waals surface area contributed by atoms with E-state index in [1.54, 1.807) is 30.3 Å². The van der Waals surface area contributed by atoms with Gasteiger partial charge in [-0.05, 0) is 24.3 Å². The maximum absolute atomic E-state index is 15.2. The fraction of sp³-hybridized carbons (Fsp3) is 0.273. The number of aromatic nitrogens is 1. The van der Waals surface area contributed by atoms with Crippen LogP contribution in [0.1, 0.15) is 16.8 Å². The topological polar surface area (TPSA) is 60.5 Å². The Bertz CT molecular complexity index is 1150. The minimum atomic E-state index is -3.73. The Morgan fingerprint density at radius 2 is 1.87 bits per heavy atom. The van der Waals surface area contributed by atoms with E-state index in [2.05, 4.69) is 10.3 Å². The van der Waals surface area contributed by atoms with E-state index in [0.717, 1.165) is 24.6 Å². The van der Waals surface area contributed by atoms with Gasteiger partial charge in [-0.2, -0.15) is 0 Å². The molecule has 1 aromatic heterocycles. The van der Waals surface area contributed by atoms with Crippen molar-refractivity contribution in [3.8, 4) is 11.6 Å². The second kappa shape index (κ2) is 7.81. The van der Waals surface area contributed by atoms with Crippen LogP contribution < -0.4 is 14.8 Å². The molecule has 4 rings (SSSR count). The highest BCUT2D eigenvalue weighted by atomic mass is 19.3. The number of rotatable bonds is 5. The molecular formula is C22H18F4N2O3. The standard InChI is InChI=1S/C22H18F4N2O3/c1-30-16-8-7-14(23)18(19(16)24)20(29)21(12-27-11-10-22(21,25)26)31-17-9-6-13-4-2-3-5-15(13)28-17/h2-9,27H,10-12H2,1H3/t21-/m0/s1. The Kier molecular flexibility index (Phi) is 5.30. The first-order valence-electron chi connectivity index (χ1n) is 9.49. The van der Waals surface area contributed by atoms with Gasteiger partial charge in [0, 0.05) is 31.0 Å². The number of para-hydroxylation sites is 1. The molecule has 0 saturated carbocycles. The Labute approximate surface area is 175 Å². The number of pyridine rings is 1. The first-order valence-corrected chi connectivity index (χ1v) is 9.49. The fourth-order valence-electron chi connectivity index (χ4n) is 3.63. The average Bonchev–Trinajstić information content (AvgIpc) is 2.75. The lowest BCUT2D eigenvalue weighted by Crippen LogP contribution is -2.67. The molecule has 0 amide bonds. The SMILES string of the molecule is COc1ccc(F)c(C(=O)[C@@]2(Oc3ccc4ccccc4n3)CNCCC2(F)F)c1F. The zero-order valence-electron chi connectivity index (χ0n) is 16.4. The molecule has 3 aromatic rings. The molecule has 0 unspecified atom stereocenters. The van der Waals surface area contributed by atoms with Gasteiger partial charge in [0.1, 0.15) is 5.82 Å². The minimum absolute atomic E-state index is 0.0976. The summed E-state index contributed by atoms with van der Waals surface area (Å²) in [6.45, 7) is -0.761. The van der Waals surface area contributed by atoms with Gasteiger partial charge in [-0.15, -0.1) is 0 Å². The van der Waals surface area contributed by atoms with Crippen molar-refractivity contribution in [1.29, 1.82) is 0 Å². The Hall–Kier alpha value is -3.20. The van der Waals surface area contributed by atoms with Crippen molar-refractivity contribution in [2.24, 2.45) is 0 Å². The number of ether oxygens (including phenoxy) is 2. The molecule has 2 aromatic carbocycles. The molecule has 2 heterocycles. The van der Waals surface area contributed by atoms with Crippen LogP contribution in [0.25, 0.3) is 10.9 Å². The van der Waals surface area contributed by atoms with Gasteiger partial charge in [-0.3, -0.25) is 4.79 Å². The maximum Gasteiger partial charge on any atom is 0.296 e. The first kappa shape index (κ1) is 21.0. The summed E-state index contributed by atoms with van der Waals surface area (Å²) >= 11 is 0. The lowest BCUT2D eigenvalue weighted by Gasteiger charge is -2.42. The minimum Gasteiger partial charge on any atom is -0.494 e. The summed E-state index contributed by atoms with van der Waals surface area (Å²) in [6, 6.07) is 11.6. The molecule has 1 N–H and O–H groups in total. The number of hydrogen-bond acceptors (Lipinski definition) is 5. The molecule has 9 heteroatoms. The number of piperidine rings is 1. The molecule has 5 nitrogen and oxygen atoms in total. The number of hydrogen-bond donors (Lipinski definition) is 1. The first-order chi connectivity index (χ1) is 14.8. The summed E-state index contributed by atoms with van der Waals surface area (Å²) in [7, 11) is 1.12. The number of halogens is 4. The Morgan fingerprint density at radius 3 is 2.61 bits per heavy atom. The van der Waals surface area contributed by atoms with Crippen molar-refractivity contribution in [1.82, 2.24) is 10.3 Å². The van der Waals surface area contributed by atoms with Gasteiger partial charge < -0.3 is 14.8 Å². The molecule has 1 aliphatic heterocycles. The number of nitrogens with one attached hydrogen (secondary N) is 1. The molecule has 31 heavy (non-hydrogen) atoms. The largest absolute Gasteiger partial charge is 0.494 e. The van der Waals surface area contributed by atoms with Crippen LogP contribution in [0.3, 0.4) is 0 Å². The highest BCUT2D eigenvalue weighted by Gasteiger charge is 2.63. The van der Waals surface area contributed by atoms with Crippen LogP contribution in [0.5, 0.6) is 11.6 Å². The smallest absolute Gasteiger partial charge is 0.296 e. The van der Waals surface area contributed by atoms with E-state index in [1.165, 1.54) is 6.07 Å². The van der Waals surface area contributed by atoms with E-state index in [0.29, 0.717) is 5.52 Å². The molecule has 0 radical (unpaired) electrons.